The van der Waals surface area contributed by atoms with Gasteiger partial charge in [-0.3, -0.25) is 4.68 Å². The summed E-state index contributed by atoms with van der Waals surface area (Å²) < 4.78 is 6.47. The first-order valence-electron chi connectivity index (χ1n) is 4.79. The van der Waals surface area contributed by atoms with Gasteiger partial charge in [0.2, 0.25) is 0 Å². The molecule has 0 aromatic carbocycles. The van der Waals surface area contributed by atoms with Gasteiger partial charge < -0.3 is 10.1 Å². The predicted octanol–water partition coefficient (Wildman–Crippen LogP) is 0.343. The maximum atomic E-state index is 11.6. The molecule has 0 saturated carbocycles. The lowest BCUT2D eigenvalue weighted by molar-refractivity contribution is -0.148. The van der Waals surface area contributed by atoms with Crippen LogP contribution in [0.25, 0.3) is 0 Å². The first-order chi connectivity index (χ1) is 7.01. The van der Waals surface area contributed by atoms with E-state index in [1.807, 2.05) is 19.2 Å². The number of likely N-dealkylation sites (N-methyl/N-ethyl adjacent to an activating group) is 1. The van der Waals surface area contributed by atoms with Crippen LogP contribution in [0.3, 0.4) is 0 Å². The third-order valence-corrected chi connectivity index (χ3v) is 2.44. The van der Waals surface area contributed by atoms with E-state index in [1.165, 1.54) is 7.11 Å². The van der Waals surface area contributed by atoms with Crippen molar-refractivity contribution in [3.05, 3.63) is 18.0 Å². The normalized spacial score (nSPS) is 14.7. The van der Waals surface area contributed by atoms with Crippen LogP contribution in [0.5, 0.6) is 0 Å². The quantitative estimate of drug-likeness (QED) is 0.730. The molecule has 0 spiro atoms. The van der Waals surface area contributed by atoms with Crippen LogP contribution in [0.15, 0.2) is 12.3 Å². The van der Waals surface area contributed by atoms with E-state index in [0.29, 0.717) is 6.54 Å². The second kappa shape index (κ2) is 4.44. The number of rotatable bonds is 4. The van der Waals surface area contributed by atoms with Gasteiger partial charge in [-0.2, -0.15) is 5.10 Å². The molecule has 1 aromatic heterocycles. The molecule has 1 rings (SSSR count). The lowest BCUT2D eigenvalue weighted by Gasteiger charge is -2.25. The van der Waals surface area contributed by atoms with Crippen molar-refractivity contribution in [1.82, 2.24) is 15.1 Å². The van der Waals surface area contributed by atoms with E-state index in [2.05, 4.69) is 10.4 Å². The van der Waals surface area contributed by atoms with Crippen molar-refractivity contribution in [2.24, 2.45) is 0 Å². The van der Waals surface area contributed by atoms with Gasteiger partial charge in [0, 0.05) is 6.20 Å². The standard InChI is InChI=1S/C10H17N3O2/c1-8-5-6-13(12-8)7-10(2,11-3)9(14)15-4/h5-6,11H,7H2,1-4H3. The van der Waals surface area contributed by atoms with Gasteiger partial charge in [-0.05, 0) is 27.0 Å². The molecular weight excluding hydrogens is 194 g/mol. The van der Waals surface area contributed by atoms with E-state index in [-0.39, 0.29) is 5.97 Å². The maximum absolute atomic E-state index is 11.6. The second-order valence-corrected chi connectivity index (χ2v) is 3.73. The van der Waals surface area contributed by atoms with Crippen LogP contribution in [-0.2, 0) is 16.1 Å². The highest BCUT2D eigenvalue weighted by molar-refractivity contribution is 5.80. The molecule has 0 saturated heterocycles. The fourth-order valence-electron chi connectivity index (χ4n) is 1.35. The van der Waals surface area contributed by atoms with Gasteiger partial charge in [0.15, 0.2) is 0 Å². The molecule has 0 aliphatic heterocycles. The van der Waals surface area contributed by atoms with Crippen molar-refractivity contribution >= 4 is 5.97 Å². The van der Waals surface area contributed by atoms with Crippen LogP contribution in [0.4, 0.5) is 0 Å². The average Bonchev–Trinajstić information content (AvgIpc) is 2.62. The Morgan fingerprint density at radius 3 is 2.80 bits per heavy atom. The van der Waals surface area contributed by atoms with Gasteiger partial charge >= 0.3 is 5.97 Å². The summed E-state index contributed by atoms with van der Waals surface area (Å²) in [5, 5.41) is 7.18. The number of ether oxygens (including phenoxy) is 1. The van der Waals surface area contributed by atoms with Crippen molar-refractivity contribution in [1.29, 1.82) is 0 Å². The Morgan fingerprint density at radius 1 is 1.73 bits per heavy atom. The lowest BCUT2D eigenvalue weighted by atomic mass is 10.0. The number of nitrogens with one attached hydrogen (secondary N) is 1. The smallest absolute Gasteiger partial charge is 0.327 e. The second-order valence-electron chi connectivity index (χ2n) is 3.73. The van der Waals surface area contributed by atoms with E-state index in [4.69, 9.17) is 4.74 Å². The van der Waals surface area contributed by atoms with Crippen molar-refractivity contribution in [2.45, 2.75) is 25.9 Å². The highest BCUT2D eigenvalue weighted by Gasteiger charge is 2.33. The van der Waals surface area contributed by atoms with Crippen LogP contribution in [0.2, 0.25) is 0 Å². The van der Waals surface area contributed by atoms with Crippen LogP contribution < -0.4 is 5.32 Å². The molecule has 84 valence electrons. The zero-order valence-corrected chi connectivity index (χ0v) is 9.57. The van der Waals surface area contributed by atoms with Gasteiger partial charge in [0.05, 0.1) is 19.3 Å². The average molecular weight is 211 g/mol. The topological polar surface area (TPSA) is 56.2 Å². The summed E-state index contributed by atoms with van der Waals surface area (Å²) in [7, 11) is 3.11. The molecule has 1 heterocycles. The lowest BCUT2D eigenvalue weighted by Crippen LogP contribution is -2.51. The Balaban J connectivity index is 2.80. The fraction of sp³-hybridized carbons (Fsp3) is 0.600. The largest absolute Gasteiger partial charge is 0.468 e. The summed E-state index contributed by atoms with van der Waals surface area (Å²) >= 11 is 0. The molecule has 15 heavy (non-hydrogen) atoms. The van der Waals surface area contributed by atoms with E-state index in [0.717, 1.165) is 5.69 Å². The van der Waals surface area contributed by atoms with Crippen molar-refractivity contribution in [3.63, 3.8) is 0 Å². The van der Waals surface area contributed by atoms with Gasteiger partial charge in [-0.25, -0.2) is 4.79 Å². The summed E-state index contributed by atoms with van der Waals surface area (Å²) in [6.07, 6.45) is 1.84. The molecule has 0 amide bonds. The number of methoxy groups -OCH3 is 1. The Morgan fingerprint density at radius 2 is 2.40 bits per heavy atom. The zero-order valence-electron chi connectivity index (χ0n) is 9.57. The van der Waals surface area contributed by atoms with E-state index < -0.39 is 5.54 Å². The highest BCUT2D eigenvalue weighted by Crippen LogP contribution is 2.09. The van der Waals surface area contributed by atoms with Crippen LogP contribution in [0, 0.1) is 6.92 Å². The summed E-state index contributed by atoms with van der Waals surface area (Å²) in [6.45, 7) is 4.14. The minimum Gasteiger partial charge on any atom is -0.468 e. The molecule has 0 aliphatic carbocycles. The molecular formula is C10H17N3O2. The summed E-state index contributed by atoms with van der Waals surface area (Å²) in [5.41, 5.74) is 0.186. The number of carbonyl (C=O) groups is 1. The Labute approximate surface area is 89.4 Å². The number of nitrogens with zero attached hydrogens (tertiary/aromatic N) is 2. The molecule has 5 nitrogen and oxygen atoms in total. The van der Waals surface area contributed by atoms with Gasteiger partial charge in [0.25, 0.3) is 0 Å². The number of hydrogen-bond acceptors (Lipinski definition) is 4. The molecule has 1 N–H and O–H groups in total. The number of aromatic nitrogens is 2. The SMILES string of the molecule is CNC(C)(Cn1ccc(C)n1)C(=O)OC. The Hall–Kier alpha value is -1.36. The third kappa shape index (κ3) is 2.56. The van der Waals surface area contributed by atoms with Crippen molar-refractivity contribution in [3.8, 4) is 0 Å². The molecule has 1 aromatic rings. The van der Waals surface area contributed by atoms with Crippen LogP contribution in [0.1, 0.15) is 12.6 Å². The Kier molecular flexibility index (Phi) is 3.47. The molecule has 1 atom stereocenters. The maximum Gasteiger partial charge on any atom is 0.327 e. The van der Waals surface area contributed by atoms with Gasteiger partial charge in [-0.15, -0.1) is 0 Å². The number of carbonyl (C=O) groups excluding carboxylic acids is 1. The third-order valence-electron chi connectivity index (χ3n) is 2.44. The number of esters is 1. The Bertz CT molecular complexity index is 348. The van der Waals surface area contributed by atoms with Crippen LogP contribution in [-0.4, -0.2) is 35.4 Å². The summed E-state index contributed by atoms with van der Waals surface area (Å²) in [4.78, 5) is 11.6. The summed E-state index contributed by atoms with van der Waals surface area (Å²) in [6, 6.07) is 1.90. The minimum atomic E-state index is -0.743. The number of hydrogen-bond donors (Lipinski definition) is 1. The molecule has 0 aliphatic rings. The highest BCUT2D eigenvalue weighted by atomic mass is 16.5. The van der Waals surface area contributed by atoms with Crippen molar-refractivity contribution < 1.29 is 9.53 Å². The van der Waals surface area contributed by atoms with E-state index in [9.17, 15) is 4.79 Å². The molecule has 5 heteroatoms. The summed E-state index contributed by atoms with van der Waals surface area (Å²) in [5.74, 6) is -0.293. The van der Waals surface area contributed by atoms with Gasteiger partial charge in [0.1, 0.15) is 5.54 Å². The molecule has 0 fully saturated rings. The van der Waals surface area contributed by atoms with E-state index in [1.54, 1.807) is 18.7 Å². The molecule has 0 bridgehead atoms. The number of aryl methyl sites for hydroxylation is 1. The minimum absolute atomic E-state index is 0.293. The predicted molar refractivity (Wildman–Crippen MR) is 56.4 cm³/mol. The zero-order chi connectivity index (χ0) is 11.5. The van der Waals surface area contributed by atoms with Gasteiger partial charge in [-0.1, -0.05) is 0 Å². The van der Waals surface area contributed by atoms with Crippen molar-refractivity contribution in [2.75, 3.05) is 14.2 Å². The van der Waals surface area contributed by atoms with E-state index >= 15 is 0 Å². The first kappa shape index (κ1) is 11.7. The molecule has 1 unspecified atom stereocenters. The first-order valence-corrected chi connectivity index (χ1v) is 4.79. The monoisotopic (exact) mass is 211 g/mol. The fourth-order valence-corrected chi connectivity index (χ4v) is 1.35. The van der Waals surface area contributed by atoms with Crippen LogP contribution >= 0.6 is 0 Å². The molecule has 0 radical (unpaired) electrons.